The maximum Gasteiger partial charge on any atom is 0.356 e. The Hall–Kier alpha value is -5.22. The van der Waals surface area contributed by atoms with Crippen LogP contribution in [-0.2, 0) is 19.0 Å². The molecule has 4 aromatic rings. The van der Waals surface area contributed by atoms with Crippen LogP contribution in [0.1, 0.15) is 70.5 Å². The van der Waals surface area contributed by atoms with Crippen molar-refractivity contribution in [1.29, 1.82) is 0 Å². The fourth-order valence-electron chi connectivity index (χ4n) is 3.15. The van der Waals surface area contributed by atoms with Gasteiger partial charge < -0.3 is 14.2 Å². The van der Waals surface area contributed by atoms with Crippen molar-refractivity contribution in [2.24, 2.45) is 0 Å². The number of rotatable bonds is 7. The van der Waals surface area contributed by atoms with Crippen LogP contribution in [0.15, 0.2) is 65.3 Å². The lowest BCUT2D eigenvalue weighted by atomic mass is 10.2. The molecule has 4 rings (SSSR count). The third-order valence-corrected chi connectivity index (χ3v) is 5.44. The molecule has 12 nitrogen and oxygen atoms in total. The number of carbonyl (C=O) groups is 4. The number of aryl methyl sites for hydroxylation is 1. The molecule has 13 heteroatoms. The van der Waals surface area contributed by atoms with Crippen LogP contribution in [0.3, 0.4) is 0 Å². The number of pyridine rings is 3. The van der Waals surface area contributed by atoms with Crippen molar-refractivity contribution in [3.05, 3.63) is 93.7 Å². The van der Waals surface area contributed by atoms with Crippen LogP contribution in [0.25, 0.3) is 11.4 Å². The normalized spacial score (nSPS) is 9.56. The average molecular weight is 679 g/mol. The average Bonchev–Trinajstić information content (AvgIpc) is 3.47. The highest BCUT2D eigenvalue weighted by Crippen LogP contribution is 2.15. The van der Waals surface area contributed by atoms with Gasteiger partial charge >= 0.3 is 17.9 Å². The van der Waals surface area contributed by atoms with Gasteiger partial charge in [0.25, 0.3) is 0 Å². The number of halogens is 1. The first kappa shape index (κ1) is 36.0. The fourth-order valence-corrected chi connectivity index (χ4v) is 3.49. The number of hydrogen-bond donors (Lipinski definition) is 1. The maximum absolute atomic E-state index is 11.5. The van der Waals surface area contributed by atoms with Gasteiger partial charge in [-0.1, -0.05) is 18.2 Å². The van der Waals surface area contributed by atoms with E-state index < -0.39 is 11.9 Å². The van der Waals surface area contributed by atoms with Crippen molar-refractivity contribution in [3.63, 3.8) is 0 Å². The summed E-state index contributed by atoms with van der Waals surface area (Å²) in [5.74, 6) is 3.38. The lowest BCUT2D eigenvalue weighted by molar-refractivity contribution is -0.111. The van der Waals surface area contributed by atoms with Gasteiger partial charge in [-0.3, -0.25) is 9.89 Å². The second-order valence-electron chi connectivity index (χ2n) is 8.57. The molecule has 4 heterocycles. The molecule has 234 valence electrons. The van der Waals surface area contributed by atoms with E-state index in [1.54, 1.807) is 69.3 Å². The number of ether oxygens (including phenoxy) is 3. The Kier molecular flexibility index (Phi) is 15.3. The number of aromatic amines is 1. The molecule has 0 aliphatic heterocycles. The summed E-state index contributed by atoms with van der Waals surface area (Å²) in [6.07, 6.45) is 0. The van der Waals surface area contributed by atoms with Gasteiger partial charge in [-0.2, -0.15) is 5.10 Å². The summed E-state index contributed by atoms with van der Waals surface area (Å²) in [7, 11) is 0. The number of nitrogens with zero attached hydrogens (tertiary/aromatic N) is 4. The summed E-state index contributed by atoms with van der Waals surface area (Å²) in [5.41, 5.74) is 3.51. The Morgan fingerprint density at radius 2 is 1.24 bits per heavy atom. The van der Waals surface area contributed by atoms with E-state index >= 15 is 0 Å². The van der Waals surface area contributed by atoms with Crippen molar-refractivity contribution >= 4 is 39.6 Å². The van der Waals surface area contributed by atoms with Gasteiger partial charge in [-0.15, -0.1) is 0 Å². The smallest absolute Gasteiger partial charge is 0.356 e. The lowest BCUT2D eigenvalue weighted by Gasteiger charge is -2.02. The molecule has 0 saturated carbocycles. The molecule has 0 aliphatic rings. The molecule has 1 N–H and O–H groups in total. The molecular weight excluding hydrogens is 646 g/mol. The largest absolute Gasteiger partial charge is 0.461 e. The van der Waals surface area contributed by atoms with Crippen molar-refractivity contribution in [1.82, 2.24) is 25.1 Å². The number of H-pyrrole nitrogens is 1. The second kappa shape index (κ2) is 19.1. The van der Waals surface area contributed by atoms with Crippen LogP contribution in [0, 0.1) is 18.8 Å². The van der Waals surface area contributed by atoms with E-state index in [1.807, 2.05) is 13.0 Å². The van der Waals surface area contributed by atoms with Gasteiger partial charge in [0.05, 0.1) is 25.5 Å². The molecule has 4 aromatic heterocycles. The molecule has 0 fully saturated rings. The van der Waals surface area contributed by atoms with E-state index in [1.165, 1.54) is 13.0 Å². The minimum Gasteiger partial charge on any atom is -0.461 e. The Morgan fingerprint density at radius 3 is 1.73 bits per heavy atom. The van der Waals surface area contributed by atoms with Gasteiger partial charge in [0.1, 0.15) is 33.1 Å². The van der Waals surface area contributed by atoms with Crippen LogP contribution in [0.5, 0.6) is 0 Å². The number of ketones is 1. The Bertz CT molecular complexity index is 1680. The summed E-state index contributed by atoms with van der Waals surface area (Å²) in [6.45, 7) is 9.52. The van der Waals surface area contributed by atoms with Gasteiger partial charge in [-0.05, 0) is 97.9 Å². The zero-order valence-electron chi connectivity index (χ0n) is 25.4. The summed E-state index contributed by atoms with van der Waals surface area (Å²) < 4.78 is 15.1. The highest BCUT2D eigenvalue weighted by atomic mass is 79.9. The topological polar surface area (TPSA) is 163 Å². The molecule has 0 radical (unpaired) electrons. The van der Waals surface area contributed by atoms with E-state index in [4.69, 9.17) is 14.2 Å². The maximum atomic E-state index is 11.5. The van der Waals surface area contributed by atoms with Crippen LogP contribution in [-0.4, -0.2) is 68.7 Å². The first-order chi connectivity index (χ1) is 21.6. The molecule has 0 spiro atoms. The van der Waals surface area contributed by atoms with Crippen molar-refractivity contribution in [2.75, 3.05) is 19.8 Å². The number of nitrogens with one attached hydrogen (secondary N) is 1. The molecule has 0 saturated heterocycles. The zero-order valence-corrected chi connectivity index (χ0v) is 27.0. The lowest BCUT2D eigenvalue weighted by Crippen LogP contribution is -2.07. The molecule has 0 atom stereocenters. The molecule has 0 aromatic carbocycles. The van der Waals surface area contributed by atoms with Gasteiger partial charge in [-0.25, -0.2) is 29.3 Å². The van der Waals surface area contributed by atoms with Gasteiger partial charge in [0, 0.05) is 12.6 Å². The third kappa shape index (κ3) is 12.9. The summed E-state index contributed by atoms with van der Waals surface area (Å²) in [5, 5.41) is 6.93. The van der Waals surface area contributed by atoms with Gasteiger partial charge in [0.15, 0.2) is 0 Å². The van der Waals surface area contributed by atoms with E-state index in [-0.39, 0.29) is 17.4 Å². The minimum absolute atomic E-state index is 0.192. The molecule has 0 amide bonds. The van der Waals surface area contributed by atoms with Crippen molar-refractivity contribution in [3.8, 4) is 23.2 Å². The summed E-state index contributed by atoms with van der Waals surface area (Å²) >= 11 is 3.16. The molecule has 0 bridgehead atoms. The highest BCUT2D eigenvalue weighted by Gasteiger charge is 2.11. The van der Waals surface area contributed by atoms with Crippen LogP contribution in [0.4, 0.5) is 0 Å². The first-order valence-corrected chi connectivity index (χ1v) is 14.5. The van der Waals surface area contributed by atoms with E-state index in [0.29, 0.717) is 52.9 Å². The third-order valence-electron chi connectivity index (χ3n) is 5.00. The van der Waals surface area contributed by atoms with Crippen LogP contribution < -0.4 is 0 Å². The van der Waals surface area contributed by atoms with Gasteiger partial charge in [0.2, 0.25) is 5.78 Å². The Balaban J connectivity index is 0.000000239. The number of aromatic nitrogens is 5. The number of esters is 3. The van der Waals surface area contributed by atoms with E-state index in [2.05, 4.69) is 52.9 Å². The quantitative estimate of drug-likeness (QED) is 0.119. The first-order valence-electron chi connectivity index (χ1n) is 13.7. The minimum atomic E-state index is -0.492. The van der Waals surface area contributed by atoms with Crippen LogP contribution in [0.2, 0.25) is 0 Å². The van der Waals surface area contributed by atoms with Crippen LogP contribution >= 0.6 is 15.9 Å². The molecule has 0 aliphatic carbocycles. The molecule has 45 heavy (non-hydrogen) atoms. The molecular formula is C32H32BrN5O7. The summed E-state index contributed by atoms with van der Waals surface area (Å²) in [4.78, 5) is 56.7. The zero-order chi connectivity index (χ0) is 33.2. The second-order valence-corrected chi connectivity index (χ2v) is 9.38. The molecule has 0 unspecified atom stereocenters. The number of hydrogen-bond acceptors (Lipinski definition) is 11. The Labute approximate surface area is 269 Å². The highest BCUT2D eigenvalue weighted by molar-refractivity contribution is 9.10. The van der Waals surface area contributed by atoms with Crippen molar-refractivity contribution < 1.29 is 33.4 Å². The SMILES string of the molecule is CCOC(=O)c1cccc(-c2cc(C)[nH]n2)n1.CCOC(=O)c1cccc(Br)n1.CCOC(=O)c1cccc(C#CC(C)=O)n1. The number of Topliss-reactive ketones (excluding diaryl/α,β-unsaturated/α-hetero) is 1. The monoisotopic (exact) mass is 677 g/mol. The summed E-state index contributed by atoms with van der Waals surface area (Å²) in [6, 6.07) is 17.0. The van der Waals surface area contributed by atoms with Crippen molar-refractivity contribution in [2.45, 2.75) is 34.6 Å². The van der Waals surface area contributed by atoms with E-state index in [0.717, 1.165) is 5.69 Å². The van der Waals surface area contributed by atoms with E-state index in [9.17, 15) is 19.2 Å². The predicted octanol–water partition coefficient (Wildman–Crippen LogP) is 5.18. The predicted molar refractivity (Wildman–Crippen MR) is 168 cm³/mol. The standard InChI is InChI=1S/C12H13N3O2.C12H11NO3.C8H8BrNO2/c1-3-17-12(16)10-6-4-5-9(13-10)11-7-8(2)14-15-11;1-3-16-12(15)11-6-4-5-10(13-11)8-7-9(2)14;1-2-12-8(11)6-4-3-5-7(9)10-6/h4-7H,3H2,1-2H3,(H,14,15);4-6H,3H2,1-2H3;3-5H,2H2,1H3. The number of carbonyl (C=O) groups excluding carboxylic acids is 4. The fraction of sp³-hybridized carbons (Fsp3) is 0.250. The Morgan fingerprint density at radius 1 is 0.733 bits per heavy atom.